The second-order valence-corrected chi connectivity index (χ2v) is 4.61. The van der Waals surface area contributed by atoms with Crippen LogP contribution in [0.2, 0.25) is 5.02 Å². The van der Waals surface area contributed by atoms with E-state index in [2.05, 4.69) is 0 Å². The Morgan fingerprint density at radius 2 is 2.29 bits per heavy atom. The van der Waals surface area contributed by atoms with Crippen LogP contribution in [0.4, 0.5) is 0 Å². The zero-order chi connectivity index (χ0) is 12.1. The van der Waals surface area contributed by atoms with Gasteiger partial charge in [0.15, 0.2) is 6.29 Å². The van der Waals surface area contributed by atoms with Gasteiger partial charge in [0.25, 0.3) is 0 Å². The highest BCUT2D eigenvalue weighted by Crippen LogP contribution is 2.24. The summed E-state index contributed by atoms with van der Waals surface area (Å²) in [6, 6.07) is 5.23. The van der Waals surface area contributed by atoms with E-state index in [-0.39, 0.29) is 12.0 Å². The minimum atomic E-state index is -0.0451. The Kier molecular flexibility index (Phi) is 4.66. The van der Waals surface area contributed by atoms with E-state index in [1.807, 2.05) is 6.07 Å². The third kappa shape index (κ3) is 3.87. The summed E-state index contributed by atoms with van der Waals surface area (Å²) < 4.78 is 11.1. The zero-order valence-electron chi connectivity index (χ0n) is 9.69. The normalized spacial score (nSPS) is 20.4. The first-order valence-corrected chi connectivity index (χ1v) is 6.34. The van der Waals surface area contributed by atoms with Gasteiger partial charge in [0, 0.05) is 6.61 Å². The van der Waals surface area contributed by atoms with Gasteiger partial charge in [-0.25, -0.2) is 0 Å². The summed E-state index contributed by atoms with van der Waals surface area (Å²) in [6.45, 7) is 1.42. The minimum Gasteiger partial charge on any atom is -0.506 e. The average molecular weight is 257 g/mol. The second-order valence-electron chi connectivity index (χ2n) is 4.20. The third-order valence-corrected chi connectivity index (χ3v) is 3.15. The third-order valence-electron chi connectivity index (χ3n) is 2.84. The molecule has 17 heavy (non-hydrogen) atoms. The van der Waals surface area contributed by atoms with E-state index in [0.717, 1.165) is 31.4 Å². The molecule has 0 amide bonds. The van der Waals surface area contributed by atoms with E-state index < -0.39 is 0 Å². The topological polar surface area (TPSA) is 38.7 Å². The maximum Gasteiger partial charge on any atom is 0.157 e. The molecule has 4 heteroatoms. The molecular formula is C13H17ClO3. The Bertz CT molecular complexity index is 362. The van der Waals surface area contributed by atoms with Crippen LogP contribution in [-0.4, -0.2) is 24.6 Å². The van der Waals surface area contributed by atoms with Crippen LogP contribution >= 0.6 is 11.6 Å². The first-order valence-electron chi connectivity index (χ1n) is 5.96. The van der Waals surface area contributed by atoms with Gasteiger partial charge in [0.05, 0.1) is 11.6 Å². The molecule has 0 bridgehead atoms. The van der Waals surface area contributed by atoms with Crippen LogP contribution in [0.15, 0.2) is 18.2 Å². The predicted molar refractivity (Wildman–Crippen MR) is 66.4 cm³/mol. The number of hydrogen-bond acceptors (Lipinski definition) is 3. The number of phenolic OH excluding ortho intramolecular Hbond substituents is 1. The molecule has 1 unspecified atom stereocenters. The van der Waals surface area contributed by atoms with Gasteiger partial charge < -0.3 is 14.6 Å². The van der Waals surface area contributed by atoms with Crippen LogP contribution < -0.4 is 0 Å². The highest BCUT2D eigenvalue weighted by atomic mass is 35.5. The Hall–Kier alpha value is -0.770. The summed E-state index contributed by atoms with van der Waals surface area (Å²) in [5.41, 5.74) is 1.06. The summed E-state index contributed by atoms with van der Waals surface area (Å²) in [7, 11) is 0. The highest BCUT2D eigenvalue weighted by Gasteiger charge is 2.13. The van der Waals surface area contributed by atoms with E-state index in [1.54, 1.807) is 12.1 Å². The fraction of sp³-hybridized carbons (Fsp3) is 0.538. The van der Waals surface area contributed by atoms with E-state index >= 15 is 0 Å². The summed E-state index contributed by atoms with van der Waals surface area (Å²) in [6.07, 6.45) is 4.02. The van der Waals surface area contributed by atoms with Crippen LogP contribution in [-0.2, 0) is 15.9 Å². The van der Waals surface area contributed by atoms with Crippen molar-refractivity contribution in [1.82, 2.24) is 0 Å². The molecule has 1 fully saturated rings. The van der Waals surface area contributed by atoms with E-state index in [0.29, 0.717) is 11.6 Å². The molecule has 0 aliphatic carbocycles. The van der Waals surface area contributed by atoms with Gasteiger partial charge in [0.2, 0.25) is 0 Å². The van der Waals surface area contributed by atoms with Crippen molar-refractivity contribution in [3.8, 4) is 5.75 Å². The molecule has 3 nitrogen and oxygen atoms in total. The Balaban J connectivity index is 1.75. The molecule has 1 aliphatic rings. The number of rotatable bonds is 4. The maximum atomic E-state index is 9.29. The minimum absolute atomic E-state index is 0.0451. The van der Waals surface area contributed by atoms with Crippen molar-refractivity contribution in [2.45, 2.75) is 32.0 Å². The summed E-state index contributed by atoms with van der Waals surface area (Å²) in [5.74, 6) is 0.118. The lowest BCUT2D eigenvalue weighted by Crippen LogP contribution is -2.23. The van der Waals surface area contributed by atoms with Crippen LogP contribution in [0.5, 0.6) is 5.75 Å². The first-order chi connectivity index (χ1) is 8.25. The molecule has 1 heterocycles. The van der Waals surface area contributed by atoms with Crippen molar-refractivity contribution in [3.05, 3.63) is 28.8 Å². The number of hydrogen-bond donors (Lipinski definition) is 1. The molecule has 1 saturated heterocycles. The molecule has 1 aromatic carbocycles. The van der Waals surface area contributed by atoms with E-state index in [9.17, 15) is 5.11 Å². The van der Waals surface area contributed by atoms with Crippen molar-refractivity contribution in [1.29, 1.82) is 0 Å². The van der Waals surface area contributed by atoms with Crippen molar-refractivity contribution < 1.29 is 14.6 Å². The van der Waals surface area contributed by atoms with Gasteiger partial charge in [-0.05, 0) is 43.4 Å². The quantitative estimate of drug-likeness (QED) is 0.900. The molecule has 1 N–H and O–H groups in total. The van der Waals surface area contributed by atoms with E-state index in [1.165, 1.54) is 6.42 Å². The maximum absolute atomic E-state index is 9.29. The Morgan fingerprint density at radius 3 is 3.00 bits per heavy atom. The lowest BCUT2D eigenvalue weighted by molar-refractivity contribution is -0.161. The van der Waals surface area contributed by atoms with Gasteiger partial charge in [-0.1, -0.05) is 17.7 Å². The van der Waals surface area contributed by atoms with Crippen LogP contribution in [0.3, 0.4) is 0 Å². The Labute approximate surface area is 106 Å². The number of aromatic hydroxyl groups is 1. The summed E-state index contributed by atoms with van der Waals surface area (Å²) >= 11 is 5.83. The summed E-state index contributed by atoms with van der Waals surface area (Å²) in [5, 5.41) is 9.68. The smallest absolute Gasteiger partial charge is 0.157 e. The lowest BCUT2D eigenvalue weighted by atomic mass is 10.1. The molecule has 2 rings (SSSR count). The van der Waals surface area contributed by atoms with Crippen LogP contribution in [0.25, 0.3) is 0 Å². The molecule has 1 atom stereocenters. The van der Waals surface area contributed by atoms with Crippen LogP contribution in [0.1, 0.15) is 24.8 Å². The fourth-order valence-electron chi connectivity index (χ4n) is 1.86. The Morgan fingerprint density at radius 1 is 1.41 bits per heavy atom. The highest BCUT2D eigenvalue weighted by molar-refractivity contribution is 6.32. The molecule has 0 spiro atoms. The largest absolute Gasteiger partial charge is 0.506 e. The molecule has 94 valence electrons. The molecule has 0 saturated carbocycles. The van der Waals surface area contributed by atoms with Crippen LogP contribution in [0, 0.1) is 0 Å². The number of halogens is 1. The van der Waals surface area contributed by atoms with Crippen molar-refractivity contribution in [2.75, 3.05) is 13.2 Å². The molecule has 0 radical (unpaired) electrons. The standard InChI is InChI=1S/C13H17ClO3/c14-11-9-10(4-5-12(11)15)6-8-17-13-3-1-2-7-16-13/h4-5,9,13,15H,1-3,6-8H2. The molecular weight excluding hydrogens is 240 g/mol. The predicted octanol–water partition coefficient (Wildman–Crippen LogP) is 3.13. The van der Waals surface area contributed by atoms with Gasteiger partial charge in [-0.15, -0.1) is 0 Å². The van der Waals surface area contributed by atoms with Gasteiger partial charge in [-0.2, -0.15) is 0 Å². The lowest BCUT2D eigenvalue weighted by Gasteiger charge is -2.22. The monoisotopic (exact) mass is 256 g/mol. The SMILES string of the molecule is Oc1ccc(CCOC2CCCCO2)cc1Cl. The number of phenols is 1. The van der Waals surface area contributed by atoms with E-state index in [4.69, 9.17) is 21.1 Å². The fourth-order valence-corrected chi connectivity index (χ4v) is 2.06. The first kappa shape index (κ1) is 12.7. The number of ether oxygens (including phenoxy) is 2. The van der Waals surface area contributed by atoms with Crippen molar-refractivity contribution >= 4 is 11.6 Å². The summed E-state index contributed by atoms with van der Waals surface area (Å²) in [4.78, 5) is 0. The van der Waals surface area contributed by atoms with Gasteiger partial charge >= 0.3 is 0 Å². The van der Waals surface area contributed by atoms with Gasteiger partial charge in [0.1, 0.15) is 5.75 Å². The van der Waals surface area contributed by atoms with Gasteiger partial charge in [-0.3, -0.25) is 0 Å². The molecule has 0 aromatic heterocycles. The number of benzene rings is 1. The molecule has 1 aromatic rings. The second kappa shape index (κ2) is 6.24. The molecule has 1 aliphatic heterocycles. The zero-order valence-corrected chi connectivity index (χ0v) is 10.4. The van der Waals surface area contributed by atoms with Crippen molar-refractivity contribution in [3.63, 3.8) is 0 Å². The average Bonchev–Trinajstić information content (AvgIpc) is 2.35. The van der Waals surface area contributed by atoms with Crippen molar-refractivity contribution in [2.24, 2.45) is 0 Å².